The van der Waals surface area contributed by atoms with E-state index in [2.05, 4.69) is 25.7 Å². The molecule has 0 saturated heterocycles. The maximum absolute atomic E-state index is 12.5. The average Bonchev–Trinajstić information content (AvgIpc) is 3.30. The molecule has 8 heteroatoms. The number of benzene rings is 1. The normalized spacial score (nSPS) is 10.6. The summed E-state index contributed by atoms with van der Waals surface area (Å²) in [5.41, 5.74) is 3.94. The predicted molar refractivity (Wildman–Crippen MR) is 93.2 cm³/mol. The molecular formula is C18H12N6O2. The highest BCUT2D eigenvalue weighted by atomic mass is 16.3. The molecule has 0 radical (unpaired) electrons. The molecule has 3 aromatic heterocycles. The summed E-state index contributed by atoms with van der Waals surface area (Å²) in [6, 6.07) is 10.7. The molecule has 0 fully saturated rings. The van der Waals surface area contributed by atoms with E-state index in [-0.39, 0.29) is 11.4 Å². The quantitative estimate of drug-likeness (QED) is 0.589. The summed E-state index contributed by atoms with van der Waals surface area (Å²) in [6.45, 7) is 1.71. The third-order valence-electron chi connectivity index (χ3n) is 3.93. The largest absolute Gasteiger partial charge is 0.472 e. The standard InChI is InChI=1S/C18H12N6O2/c1-10-6-13(8-19)21-23-16(10)18(25)20-12-2-3-15-14(7-12)17(24-22-15)11-4-5-26-9-11/h2-7,9H,1H3,(H,20,25)(H,22,24). The predicted octanol–water partition coefficient (Wildman–Crippen LogP) is 3.05. The number of hydrogen-bond donors (Lipinski definition) is 2. The van der Waals surface area contributed by atoms with Crippen molar-refractivity contribution in [1.29, 1.82) is 5.26 Å². The molecule has 0 atom stereocenters. The Bertz CT molecular complexity index is 1150. The van der Waals surface area contributed by atoms with E-state index < -0.39 is 5.91 Å². The Hall–Kier alpha value is -3.99. The van der Waals surface area contributed by atoms with Crippen LogP contribution in [-0.2, 0) is 0 Å². The van der Waals surface area contributed by atoms with Gasteiger partial charge in [0.2, 0.25) is 0 Å². The van der Waals surface area contributed by atoms with E-state index in [1.165, 1.54) is 6.07 Å². The summed E-state index contributed by atoms with van der Waals surface area (Å²) in [7, 11) is 0. The van der Waals surface area contributed by atoms with Gasteiger partial charge >= 0.3 is 0 Å². The van der Waals surface area contributed by atoms with Crippen LogP contribution < -0.4 is 5.32 Å². The van der Waals surface area contributed by atoms with Crippen LogP contribution in [0.25, 0.3) is 22.2 Å². The Morgan fingerprint density at radius 3 is 2.88 bits per heavy atom. The van der Waals surface area contributed by atoms with Gasteiger partial charge in [-0.25, -0.2) is 0 Å². The first kappa shape index (κ1) is 15.5. The minimum absolute atomic E-state index is 0.170. The zero-order chi connectivity index (χ0) is 18.1. The molecule has 1 amide bonds. The zero-order valence-corrected chi connectivity index (χ0v) is 13.6. The number of fused-ring (bicyclic) bond motifs is 1. The number of aromatic amines is 1. The van der Waals surface area contributed by atoms with E-state index in [4.69, 9.17) is 9.68 Å². The van der Waals surface area contributed by atoms with Gasteiger partial charge in [-0.2, -0.15) is 10.4 Å². The number of aromatic nitrogens is 4. The number of nitrogens with one attached hydrogen (secondary N) is 2. The second-order valence-electron chi connectivity index (χ2n) is 5.67. The second-order valence-corrected chi connectivity index (χ2v) is 5.67. The number of rotatable bonds is 3. The molecule has 1 aromatic carbocycles. The van der Waals surface area contributed by atoms with Crippen molar-refractivity contribution in [2.75, 3.05) is 5.32 Å². The van der Waals surface area contributed by atoms with E-state index in [9.17, 15) is 4.79 Å². The molecule has 0 saturated carbocycles. The molecule has 126 valence electrons. The van der Waals surface area contributed by atoms with Gasteiger partial charge in [-0.15, -0.1) is 10.2 Å². The van der Waals surface area contributed by atoms with Gasteiger partial charge in [0.1, 0.15) is 11.8 Å². The number of furan rings is 1. The van der Waals surface area contributed by atoms with Crippen LogP contribution in [0.5, 0.6) is 0 Å². The van der Waals surface area contributed by atoms with Crippen molar-refractivity contribution in [3.8, 4) is 17.3 Å². The number of anilines is 1. The van der Waals surface area contributed by atoms with Crippen LogP contribution in [0.4, 0.5) is 5.69 Å². The Morgan fingerprint density at radius 1 is 1.27 bits per heavy atom. The molecular weight excluding hydrogens is 332 g/mol. The topological polar surface area (TPSA) is 120 Å². The van der Waals surface area contributed by atoms with Crippen molar-refractivity contribution in [2.45, 2.75) is 6.92 Å². The van der Waals surface area contributed by atoms with Gasteiger partial charge in [-0.1, -0.05) is 0 Å². The highest BCUT2D eigenvalue weighted by Gasteiger charge is 2.15. The first-order valence-electron chi connectivity index (χ1n) is 7.72. The Labute approximate surface area is 147 Å². The second kappa shape index (κ2) is 6.14. The molecule has 0 spiro atoms. The molecule has 0 aliphatic carbocycles. The molecule has 4 rings (SSSR count). The van der Waals surface area contributed by atoms with Gasteiger partial charge in [-0.05, 0) is 42.8 Å². The lowest BCUT2D eigenvalue weighted by Gasteiger charge is -2.07. The molecule has 26 heavy (non-hydrogen) atoms. The molecule has 0 aliphatic rings. The fraction of sp³-hybridized carbons (Fsp3) is 0.0556. The number of amides is 1. The zero-order valence-electron chi connectivity index (χ0n) is 13.6. The van der Waals surface area contributed by atoms with Crippen LogP contribution in [0.2, 0.25) is 0 Å². The lowest BCUT2D eigenvalue weighted by molar-refractivity contribution is 0.102. The number of hydrogen-bond acceptors (Lipinski definition) is 6. The number of H-pyrrole nitrogens is 1. The summed E-state index contributed by atoms with van der Waals surface area (Å²) in [5.74, 6) is -0.396. The smallest absolute Gasteiger partial charge is 0.276 e. The van der Waals surface area contributed by atoms with Crippen LogP contribution >= 0.6 is 0 Å². The van der Waals surface area contributed by atoms with E-state index >= 15 is 0 Å². The summed E-state index contributed by atoms with van der Waals surface area (Å²) >= 11 is 0. The number of carbonyl (C=O) groups excluding carboxylic acids is 1. The molecule has 0 unspecified atom stereocenters. The number of carbonyl (C=O) groups is 1. The summed E-state index contributed by atoms with van der Waals surface area (Å²) in [6.07, 6.45) is 3.18. The summed E-state index contributed by atoms with van der Waals surface area (Å²) < 4.78 is 5.11. The SMILES string of the molecule is Cc1cc(C#N)nnc1C(=O)Nc1ccc2[nH]nc(-c3ccoc3)c2c1. The fourth-order valence-electron chi connectivity index (χ4n) is 2.67. The van der Waals surface area contributed by atoms with Gasteiger partial charge < -0.3 is 9.73 Å². The molecule has 0 bridgehead atoms. The number of aryl methyl sites for hydroxylation is 1. The maximum atomic E-state index is 12.5. The lowest BCUT2D eigenvalue weighted by Crippen LogP contribution is -2.16. The van der Waals surface area contributed by atoms with Crippen LogP contribution in [0.3, 0.4) is 0 Å². The summed E-state index contributed by atoms with van der Waals surface area (Å²) in [4.78, 5) is 12.5. The van der Waals surface area contributed by atoms with Crippen molar-refractivity contribution in [3.63, 3.8) is 0 Å². The maximum Gasteiger partial charge on any atom is 0.276 e. The third-order valence-corrected chi connectivity index (χ3v) is 3.93. The first-order valence-corrected chi connectivity index (χ1v) is 7.72. The number of nitriles is 1. The van der Waals surface area contributed by atoms with Gasteiger partial charge in [-0.3, -0.25) is 9.89 Å². The Balaban J connectivity index is 1.66. The molecule has 8 nitrogen and oxygen atoms in total. The minimum Gasteiger partial charge on any atom is -0.472 e. The lowest BCUT2D eigenvalue weighted by atomic mass is 10.1. The van der Waals surface area contributed by atoms with Crippen LogP contribution in [-0.4, -0.2) is 26.3 Å². The van der Waals surface area contributed by atoms with Crippen molar-refractivity contribution >= 4 is 22.5 Å². The monoisotopic (exact) mass is 344 g/mol. The molecule has 4 aromatic rings. The fourth-order valence-corrected chi connectivity index (χ4v) is 2.67. The Kier molecular flexibility index (Phi) is 3.67. The first-order chi connectivity index (χ1) is 12.7. The van der Waals surface area contributed by atoms with Gasteiger partial charge in [0.15, 0.2) is 11.4 Å². The van der Waals surface area contributed by atoms with E-state index in [1.54, 1.807) is 25.5 Å². The minimum atomic E-state index is -0.396. The third kappa shape index (κ3) is 2.67. The van der Waals surface area contributed by atoms with Crippen LogP contribution in [0, 0.1) is 18.3 Å². The summed E-state index contributed by atoms with van der Waals surface area (Å²) in [5, 5.41) is 27.3. The van der Waals surface area contributed by atoms with Crippen LogP contribution in [0.15, 0.2) is 47.3 Å². The van der Waals surface area contributed by atoms with Crippen molar-refractivity contribution in [3.05, 3.63) is 59.8 Å². The van der Waals surface area contributed by atoms with E-state index in [0.29, 0.717) is 11.3 Å². The van der Waals surface area contributed by atoms with Crippen LogP contribution in [0.1, 0.15) is 21.7 Å². The average molecular weight is 344 g/mol. The van der Waals surface area contributed by atoms with E-state index in [1.807, 2.05) is 24.3 Å². The molecule has 0 aliphatic heterocycles. The highest BCUT2D eigenvalue weighted by molar-refractivity contribution is 6.05. The highest BCUT2D eigenvalue weighted by Crippen LogP contribution is 2.28. The molecule has 2 N–H and O–H groups in total. The van der Waals surface area contributed by atoms with Crippen molar-refractivity contribution < 1.29 is 9.21 Å². The molecule has 3 heterocycles. The van der Waals surface area contributed by atoms with Crippen molar-refractivity contribution in [1.82, 2.24) is 20.4 Å². The Morgan fingerprint density at radius 2 is 2.15 bits per heavy atom. The van der Waals surface area contributed by atoms with Gasteiger partial charge in [0.25, 0.3) is 5.91 Å². The van der Waals surface area contributed by atoms with Gasteiger partial charge in [0, 0.05) is 16.6 Å². The van der Waals surface area contributed by atoms with Gasteiger partial charge in [0.05, 0.1) is 18.0 Å². The van der Waals surface area contributed by atoms with E-state index in [0.717, 1.165) is 22.2 Å². The van der Waals surface area contributed by atoms with Crippen molar-refractivity contribution in [2.24, 2.45) is 0 Å². The number of nitrogens with zero attached hydrogens (tertiary/aromatic N) is 4.